The number of aromatic nitrogens is 3. The minimum absolute atomic E-state index is 0.0176. The molecule has 2 rings (SSSR count). The fourth-order valence-electron chi connectivity index (χ4n) is 1.81. The summed E-state index contributed by atoms with van der Waals surface area (Å²) in [6.45, 7) is 5.52. The molecule has 0 saturated heterocycles. The smallest absolute Gasteiger partial charge is 0.231 e. The number of hydrogen-bond donors (Lipinski definition) is 2. The van der Waals surface area contributed by atoms with Gasteiger partial charge in [0.05, 0.1) is 11.8 Å². The van der Waals surface area contributed by atoms with Crippen molar-refractivity contribution in [3.63, 3.8) is 0 Å². The van der Waals surface area contributed by atoms with E-state index < -0.39 is 5.54 Å². The maximum Gasteiger partial charge on any atom is 0.231 e. The lowest BCUT2D eigenvalue weighted by Crippen LogP contribution is -2.49. The Morgan fingerprint density at radius 3 is 2.71 bits per heavy atom. The summed E-state index contributed by atoms with van der Waals surface area (Å²) in [5, 5.41) is 19.5. The number of halogens is 1. The summed E-state index contributed by atoms with van der Waals surface area (Å²) in [6.07, 6.45) is 0. The predicted octanol–water partition coefficient (Wildman–Crippen LogP) is 3.38. The Balaban J connectivity index is 1.95. The van der Waals surface area contributed by atoms with Gasteiger partial charge < -0.3 is 5.32 Å². The van der Waals surface area contributed by atoms with Crippen molar-refractivity contribution in [3.05, 3.63) is 28.7 Å². The van der Waals surface area contributed by atoms with Gasteiger partial charge in [-0.25, -0.2) is 4.98 Å². The molecule has 0 spiro atoms. The van der Waals surface area contributed by atoms with Crippen LogP contribution in [0, 0.1) is 17.2 Å². The minimum Gasteiger partial charge on any atom is -0.337 e. The lowest BCUT2D eigenvalue weighted by atomic mass is 9.90. The number of aromatic amines is 1. The number of carbonyl (C=O) groups excluding carboxylic acids is 1. The largest absolute Gasteiger partial charge is 0.337 e. The Hall–Kier alpha value is -1.85. The molecule has 1 heterocycles. The van der Waals surface area contributed by atoms with Gasteiger partial charge in [-0.2, -0.15) is 5.26 Å². The van der Waals surface area contributed by atoms with E-state index in [-0.39, 0.29) is 17.6 Å². The van der Waals surface area contributed by atoms with Gasteiger partial charge in [0.1, 0.15) is 5.54 Å². The van der Waals surface area contributed by atoms with Crippen molar-refractivity contribution >= 4 is 33.6 Å². The van der Waals surface area contributed by atoms with Crippen molar-refractivity contribution in [2.24, 2.45) is 5.92 Å². The van der Waals surface area contributed by atoms with E-state index in [9.17, 15) is 10.1 Å². The Morgan fingerprint density at radius 2 is 2.12 bits per heavy atom. The molecule has 1 aromatic carbocycles. The summed E-state index contributed by atoms with van der Waals surface area (Å²) in [7, 11) is 0. The molecule has 0 bridgehead atoms. The SMILES string of the molecule is CC(C)[C@](C)(C#N)NC(=O)CSc1n[nH]c(-c2ccc(Br)cc2)n1. The molecular formula is C16H18BrN5OS. The fraction of sp³-hybridized carbons (Fsp3) is 0.375. The highest BCUT2D eigenvalue weighted by molar-refractivity contribution is 9.10. The maximum absolute atomic E-state index is 12.1. The van der Waals surface area contributed by atoms with Gasteiger partial charge in [-0.05, 0) is 25.0 Å². The number of nitriles is 1. The van der Waals surface area contributed by atoms with Crippen LogP contribution >= 0.6 is 27.7 Å². The van der Waals surface area contributed by atoms with E-state index in [0.29, 0.717) is 11.0 Å². The second-order valence-corrected chi connectivity index (χ2v) is 7.64. The van der Waals surface area contributed by atoms with Gasteiger partial charge in [-0.15, -0.1) is 5.10 Å². The lowest BCUT2D eigenvalue weighted by molar-refractivity contribution is -0.120. The van der Waals surface area contributed by atoms with E-state index in [4.69, 9.17) is 0 Å². The number of nitrogens with one attached hydrogen (secondary N) is 2. The van der Waals surface area contributed by atoms with E-state index in [0.717, 1.165) is 10.0 Å². The molecule has 0 fully saturated rings. The van der Waals surface area contributed by atoms with Crippen LogP contribution in [-0.4, -0.2) is 32.4 Å². The first-order valence-corrected chi connectivity index (χ1v) is 9.15. The number of thioether (sulfide) groups is 1. The fourth-order valence-corrected chi connectivity index (χ4v) is 2.67. The number of rotatable bonds is 6. The molecule has 6 nitrogen and oxygen atoms in total. The van der Waals surface area contributed by atoms with Crippen LogP contribution in [0.5, 0.6) is 0 Å². The summed E-state index contributed by atoms with van der Waals surface area (Å²) in [4.78, 5) is 16.4. The van der Waals surface area contributed by atoms with Crippen LogP contribution in [-0.2, 0) is 4.79 Å². The number of nitrogens with zero attached hydrogens (tertiary/aromatic N) is 3. The summed E-state index contributed by atoms with van der Waals surface area (Å²) >= 11 is 4.61. The van der Waals surface area contributed by atoms with Gasteiger partial charge in [-0.1, -0.05) is 53.7 Å². The van der Waals surface area contributed by atoms with Gasteiger partial charge in [0, 0.05) is 10.0 Å². The molecule has 0 aliphatic heterocycles. The summed E-state index contributed by atoms with van der Waals surface area (Å²) in [6, 6.07) is 9.85. The van der Waals surface area contributed by atoms with Crippen LogP contribution in [0.15, 0.2) is 33.9 Å². The summed E-state index contributed by atoms with van der Waals surface area (Å²) in [5.41, 5.74) is 0.0399. The highest BCUT2D eigenvalue weighted by Crippen LogP contribution is 2.21. The zero-order chi connectivity index (χ0) is 17.7. The predicted molar refractivity (Wildman–Crippen MR) is 97.2 cm³/mol. The van der Waals surface area contributed by atoms with E-state index in [1.165, 1.54) is 11.8 Å². The Labute approximate surface area is 153 Å². The van der Waals surface area contributed by atoms with Crippen LogP contribution in [0.25, 0.3) is 11.4 Å². The normalized spacial score (nSPS) is 13.3. The van der Waals surface area contributed by atoms with Crippen LogP contribution < -0.4 is 5.32 Å². The van der Waals surface area contributed by atoms with Gasteiger partial charge in [-0.3, -0.25) is 9.89 Å². The summed E-state index contributed by atoms with van der Waals surface area (Å²) in [5.74, 6) is 0.605. The van der Waals surface area contributed by atoms with Gasteiger partial charge >= 0.3 is 0 Å². The maximum atomic E-state index is 12.1. The second kappa shape index (κ2) is 7.81. The molecule has 0 aliphatic rings. The third kappa shape index (κ3) is 4.58. The zero-order valence-electron chi connectivity index (χ0n) is 13.6. The van der Waals surface area contributed by atoms with Crippen molar-refractivity contribution < 1.29 is 4.79 Å². The quantitative estimate of drug-likeness (QED) is 0.715. The first-order valence-electron chi connectivity index (χ1n) is 7.37. The Morgan fingerprint density at radius 1 is 1.46 bits per heavy atom. The second-order valence-electron chi connectivity index (χ2n) is 5.78. The van der Waals surface area contributed by atoms with E-state index in [2.05, 4.69) is 42.5 Å². The molecule has 1 amide bonds. The molecule has 0 radical (unpaired) electrons. The highest BCUT2D eigenvalue weighted by atomic mass is 79.9. The van der Waals surface area contributed by atoms with Crippen LogP contribution in [0.3, 0.4) is 0 Å². The number of hydrogen-bond acceptors (Lipinski definition) is 5. The van der Waals surface area contributed by atoms with Crippen molar-refractivity contribution in [3.8, 4) is 17.5 Å². The van der Waals surface area contributed by atoms with Gasteiger partial charge in [0.2, 0.25) is 11.1 Å². The molecule has 24 heavy (non-hydrogen) atoms. The molecule has 8 heteroatoms. The number of benzene rings is 1. The molecule has 0 saturated carbocycles. The molecule has 2 aromatic rings. The molecule has 2 N–H and O–H groups in total. The first kappa shape index (κ1) is 18.5. The number of H-pyrrole nitrogens is 1. The van der Waals surface area contributed by atoms with Crippen molar-refractivity contribution in [1.29, 1.82) is 5.26 Å². The molecule has 1 aromatic heterocycles. The van der Waals surface area contributed by atoms with Gasteiger partial charge in [0.25, 0.3) is 0 Å². The number of amides is 1. The Kier molecular flexibility index (Phi) is 6.02. The molecule has 0 unspecified atom stereocenters. The van der Waals surface area contributed by atoms with E-state index >= 15 is 0 Å². The van der Waals surface area contributed by atoms with Crippen LogP contribution in [0.1, 0.15) is 20.8 Å². The van der Waals surface area contributed by atoms with E-state index in [1.807, 2.05) is 38.1 Å². The van der Waals surface area contributed by atoms with Crippen molar-refractivity contribution in [1.82, 2.24) is 20.5 Å². The number of carbonyl (C=O) groups is 1. The lowest BCUT2D eigenvalue weighted by Gasteiger charge is -2.27. The minimum atomic E-state index is -0.876. The molecular weight excluding hydrogens is 390 g/mol. The summed E-state index contributed by atoms with van der Waals surface area (Å²) < 4.78 is 0.989. The van der Waals surface area contributed by atoms with Crippen molar-refractivity contribution in [2.45, 2.75) is 31.5 Å². The van der Waals surface area contributed by atoms with Crippen LogP contribution in [0.2, 0.25) is 0 Å². The van der Waals surface area contributed by atoms with Gasteiger partial charge in [0.15, 0.2) is 5.82 Å². The first-order chi connectivity index (χ1) is 11.3. The highest BCUT2D eigenvalue weighted by Gasteiger charge is 2.29. The third-order valence-corrected chi connectivity index (χ3v) is 5.08. The molecule has 1 atom stereocenters. The molecule has 0 aliphatic carbocycles. The molecule has 126 valence electrons. The Bertz CT molecular complexity index is 753. The average Bonchev–Trinajstić information content (AvgIpc) is 3.02. The monoisotopic (exact) mass is 407 g/mol. The zero-order valence-corrected chi connectivity index (χ0v) is 16.0. The third-order valence-electron chi connectivity index (χ3n) is 3.70. The average molecular weight is 408 g/mol. The topological polar surface area (TPSA) is 94.5 Å². The van der Waals surface area contributed by atoms with Crippen molar-refractivity contribution in [2.75, 3.05) is 5.75 Å². The standard InChI is InChI=1S/C16H18BrN5OS/c1-10(2)16(3,9-18)20-13(23)8-24-15-19-14(21-22-15)11-4-6-12(17)7-5-11/h4-7,10H,8H2,1-3H3,(H,20,23)(H,19,21,22)/t16-/m0/s1. The van der Waals surface area contributed by atoms with E-state index in [1.54, 1.807) is 6.92 Å². The van der Waals surface area contributed by atoms with Crippen LogP contribution in [0.4, 0.5) is 0 Å².